The second kappa shape index (κ2) is 6.14. The Labute approximate surface area is 136 Å². The van der Waals surface area contributed by atoms with E-state index >= 15 is 0 Å². The van der Waals surface area contributed by atoms with Gasteiger partial charge >= 0.3 is 0 Å². The third kappa shape index (κ3) is 3.00. The van der Waals surface area contributed by atoms with Gasteiger partial charge in [-0.25, -0.2) is 4.98 Å². The van der Waals surface area contributed by atoms with Gasteiger partial charge in [-0.2, -0.15) is 0 Å². The number of imidazole rings is 1. The predicted octanol–water partition coefficient (Wildman–Crippen LogP) is 2.76. The molecule has 3 aromatic rings. The van der Waals surface area contributed by atoms with E-state index in [1.165, 1.54) is 11.1 Å². The van der Waals surface area contributed by atoms with Crippen molar-refractivity contribution in [2.75, 3.05) is 13.1 Å². The lowest BCUT2D eigenvalue weighted by atomic mass is 10.0. The molecule has 23 heavy (non-hydrogen) atoms. The van der Waals surface area contributed by atoms with Crippen LogP contribution in [0.15, 0.2) is 48.5 Å². The van der Waals surface area contributed by atoms with Gasteiger partial charge in [-0.1, -0.05) is 36.4 Å². The van der Waals surface area contributed by atoms with E-state index in [-0.39, 0.29) is 0 Å². The minimum absolute atomic E-state index is 0.300. The third-order valence-electron chi connectivity index (χ3n) is 4.70. The van der Waals surface area contributed by atoms with Gasteiger partial charge in [0.2, 0.25) is 0 Å². The summed E-state index contributed by atoms with van der Waals surface area (Å²) in [5, 5.41) is 3.52. The summed E-state index contributed by atoms with van der Waals surface area (Å²) >= 11 is 0. The van der Waals surface area contributed by atoms with Crippen molar-refractivity contribution < 1.29 is 0 Å². The highest BCUT2D eigenvalue weighted by Crippen LogP contribution is 2.27. The van der Waals surface area contributed by atoms with Crippen molar-refractivity contribution in [2.24, 2.45) is 11.7 Å². The highest BCUT2D eigenvalue weighted by molar-refractivity contribution is 5.76. The van der Waals surface area contributed by atoms with E-state index < -0.39 is 0 Å². The zero-order valence-electron chi connectivity index (χ0n) is 13.1. The lowest BCUT2D eigenvalue weighted by Gasteiger charge is -2.05. The average molecular weight is 306 g/mol. The van der Waals surface area contributed by atoms with Gasteiger partial charge in [-0.15, -0.1) is 0 Å². The average Bonchev–Trinajstić information content (AvgIpc) is 3.21. The van der Waals surface area contributed by atoms with Crippen LogP contribution in [0.1, 0.15) is 29.4 Å². The molecule has 1 aliphatic heterocycles. The molecule has 2 atom stereocenters. The highest BCUT2D eigenvalue weighted by atomic mass is 15.0. The predicted molar refractivity (Wildman–Crippen MR) is 93.2 cm³/mol. The summed E-state index contributed by atoms with van der Waals surface area (Å²) in [5.74, 6) is 1.59. The Bertz CT molecular complexity index is 793. The minimum atomic E-state index is 0.300. The van der Waals surface area contributed by atoms with Gasteiger partial charge in [-0.3, -0.25) is 0 Å². The number of nitrogens with one attached hydrogen (secondary N) is 2. The Morgan fingerprint density at radius 3 is 2.74 bits per heavy atom. The van der Waals surface area contributed by atoms with Crippen LogP contribution in [0.3, 0.4) is 0 Å². The molecular formula is C19H22N4. The lowest BCUT2D eigenvalue weighted by Crippen LogP contribution is -2.17. The van der Waals surface area contributed by atoms with Crippen LogP contribution in [0, 0.1) is 5.92 Å². The van der Waals surface area contributed by atoms with Crippen molar-refractivity contribution in [3.63, 3.8) is 0 Å². The molecule has 4 rings (SSSR count). The molecule has 0 saturated carbocycles. The second-order valence-electron chi connectivity index (χ2n) is 6.43. The number of rotatable bonds is 4. The van der Waals surface area contributed by atoms with Crippen molar-refractivity contribution in [3.05, 3.63) is 65.5 Å². The van der Waals surface area contributed by atoms with Crippen LogP contribution in [-0.2, 0) is 6.42 Å². The van der Waals surface area contributed by atoms with E-state index in [9.17, 15) is 0 Å². The van der Waals surface area contributed by atoms with Crippen molar-refractivity contribution in [2.45, 2.75) is 18.9 Å². The molecule has 118 valence electrons. The quantitative estimate of drug-likeness (QED) is 0.694. The van der Waals surface area contributed by atoms with Crippen LogP contribution in [0.5, 0.6) is 0 Å². The fourth-order valence-corrected chi connectivity index (χ4v) is 3.37. The third-order valence-corrected chi connectivity index (χ3v) is 4.70. The molecule has 1 aromatic heterocycles. The highest BCUT2D eigenvalue weighted by Gasteiger charge is 2.26. The fourth-order valence-electron chi connectivity index (χ4n) is 3.37. The van der Waals surface area contributed by atoms with E-state index in [0.717, 1.165) is 42.8 Å². The maximum atomic E-state index is 5.77. The molecule has 0 spiro atoms. The number of hydrogen-bond donors (Lipinski definition) is 3. The first-order chi connectivity index (χ1) is 11.3. The standard InChI is InChI=1S/C19H22N4/c20-11-15-10-18(21-12-15)19-22-16-7-6-14(9-17(16)23-19)8-13-4-2-1-3-5-13/h1-7,9,15,18,21H,8,10-12,20H2,(H,22,23). The van der Waals surface area contributed by atoms with Crippen LogP contribution >= 0.6 is 0 Å². The van der Waals surface area contributed by atoms with Gasteiger partial charge in [0.1, 0.15) is 5.82 Å². The van der Waals surface area contributed by atoms with Gasteiger partial charge in [0.05, 0.1) is 17.1 Å². The minimum Gasteiger partial charge on any atom is -0.341 e. The summed E-state index contributed by atoms with van der Waals surface area (Å²) < 4.78 is 0. The number of fused-ring (bicyclic) bond motifs is 1. The molecule has 2 heterocycles. The topological polar surface area (TPSA) is 66.7 Å². The number of nitrogens with zero attached hydrogens (tertiary/aromatic N) is 1. The number of nitrogens with two attached hydrogens (primary N) is 1. The van der Waals surface area contributed by atoms with E-state index in [0.29, 0.717) is 12.0 Å². The number of hydrogen-bond acceptors (Lipinski definition) is 3. The molecule has 4 nitrogen and oxygen atoms in total. The van der Waals surface area contributed by atoms with Crippen LogP contribution in [0.4, 0.5) is 0 Å². The first kappa shape index (κ1) is 14.4. The summed E-state index contributed by atoms with van der Waals surface area (Å²) in [6.45, 7) is 1.72. The van der Waals surface area contributed by atoms with E-state index in [1.54, 1.807) is 0 Å². The van der Waals surface area contributed by atoms with E-state index in [4.69, 9.17) is 10.7 Å². The SMILES string of the molecule is NCC1CNC(c2nc3cc(Cc4ccccc4)ccc3[nH]2)C1. The Morgan fingerprint density at radius 1 is 1.09 bits per heavy atom. The summed E-state index contributed by atoms with van der Waals surface area (Å²) in [7, 11) is 0. The molecule has 1 aliphatic rings. The zero-order valence-corrected chi connectivity index (χ0v) is 13.1. The van der Waals surface area contributed by atoms with Crippen LogP contribution in [-0.4, -0.2) is 23.1 Å². The Balaban J connectivity index is 1.57. The van der Waals surface area contributed by atoms with Crippen molar-refractivity contribution in [1.29, 1.82) is 0 Å². The van der Waals surface area contributed by atoms with Crippen molar-refractivity contribution in [1.82, 2.24) is 15.3 Å². The number of aromatic nitrogens is 2. The normalized spacial score (nSPS) is 21.1. The summed E-state index contributed by atoms with van der Waals surface area (Å²) in [6.07, 6.45) is 2.00. The molecule has 2 aromatic carbocycles. The van der Waals surface area contributed by atoms with Gasteiger partial charge in [0.25, 0.3) is 0 Å². The second-order valence-corrected chi connectivity index (χ2v) is 6.43. The molecule has 4 heteroatoms. The molecular weight excluding hydrogens is 284 g/mol. The van der Waals surface area contributed by atoms with Crippen molar-refractivity contribution in [3.8, 4) is 0 Å². The molecule has 1 saturated heterocycles. The van der Waals surface area contributed by atoms with Gasteiger partial charge in [-0.05, 0) is 55.1 Å². The maximum Gasteiger partial charge on any atom is 0.124 e. The first-order valence-corrected chi connectivity index (χ1v) is 8.28. The summed E-state index contributed by atoms with van der Waals surface area (Å²) in [6, 6.07) is 17.4. The monoisotopic (exact) mass is 306 g/mol. The lowest BCUT2D eigenvalue weighted by molar-refractivity contribution is 0.563. The first-order valence-electron chi connectivity index (χ1n) is 8.28. The van der Waals surface area contributed by atoms with E-state index in [2.05, 4.69) is 58.8 Å². The van der Waals surface area contributed by atoms with Gasteiger partial charge in [0, 0.05) is 0 Å². The number of benzene rings is 2. The van der Waals surface area contributed by atoms with Crippen LogP contribution in [0.2, 0.25) is 0 Å². The molecule has 0 amide bonds. The molecule has 0 aliphatic carbocycles. The largest absolute Gasteiger partial charge is 0.341 e. The van der Waals surface area contributed by atoms with E-state index in [1.807, 2.05) is 0 Å². The molecule has 2 unspecified atom stereocenters. The Hall–Kier alpha value is -2.17. The maximum absolute atomic E-state index is 5.77. The molecule has 4 N–H and O–H groups in total. The fraction of sp³-hybridized carbons (Fsp3) is 0.316. The summed E-state index contributed by atoms with van der Waals surface area (Å²) in [4.78, 5) is 8.27. The van der Waals surface area contributed by atoms with Gasteiger partial charge < -0.3 is 16.0 Å². The molecule has 0 radical (unpaired) electrons. The van der Waals surface area contributed by atoms with Crippen LogP contribution < -0.4 is 11.1 Å². The number of H-pyrrole nitrogens is 1. The molecule has 1 fully saturated rings. The summed E-state index contributed by atoms with van der Waals surface area (Å²) in [5.41, 5.74) is 10.5. The van der Waals surface area contributed by atoms with Gasteiger partial charge in [0.15, 0.2) is 0 Å². The Kier molecular flexibility index (Phi) is 3.85. The van der Waals surface area contributed by atoms with Crippen LogP contribution in [0.25, 0.3) is 11.0 Å². The molecule has 0 bridgehead atoms. The Morgan fingerprint density at radius 2 is 1.96 bits per heavy atom. The van der Waals surface area contributed by atoms with Crippen molar-refractivity contribution >= 4 is 11.0 Å². The smallest absolute Gasteiger partial charge is 0.124 e. The zero-order chi connectivity index (χ0) is 15.6. The number of aromatic amines is 1.